The molecule has 1 amide bonds. The largest absolute Gasteiger partial charge is 0.497 e. The number of hydrogen-bond donors (Lipinski definition) is 2. The van der Waals surface area contributed by atoms with Gasteiger partial charge in [0.15, 0.2) is 0 Å². The van der Waals surface area contributed by atoms with Crippen molar-refractivity contribution in [2.75, 3.05) is 20.2 Å². The van der Waals surface area contributed by atoms with Crippen LogP contribution in [0.1, 0.15) is 28.8 Å². The lowest BCUT2D eigenvalue weighted by molar-refractivity contribution is 0.0929. The zero-order valence-corrected chi connectivity index (χ0v) is 13.3. The number of benzene rings is 1. The summed E-state index contributed by atoms with van der Waals surface area (Å²) in [5.74, 6) is 0.786. The molecule has 3 rings (SSSR count). The molecule has 1 aliphatic rings. The Morgan fingerprint density at radius 3 is 2.78 bits per heavy atom. The quantitative estimate of drug-likeness (QED) is 0.876. The van der Waals surface area contributed by atoms with Crippen molar-refractivity contribution in [2.24, 2.45) is 0 Å². The van der Waals surface area contributed by atoms with E-state index >= 15 is 0 Å². The first-order valence-corrected chi connectivity index (χ1v) is 7.91. The number of nitrogens with zero attached hydrogens (tertiary/aromatic N) is 2. The Morgan fingerprint density at radius 2 is 2.09 bits per heavy atom. The minimum Gasteiger partial charge on any atom is -0.497 e. The maximum atomic E-state index is 12.3. The molecule has 1 fully saturated rings. The summed E-state index contributed by atoms with van der Waals surface area (Å²) in [5, 5.41) is 10.6. The first kappa shape index (κ1) is 15.6. The lowest BCUT2D eigenvalue weighted by atomic mass is 10.1. The van der Waals surface area contributed by atoms with Crippen molar-refractivity contribution in [1.82, 2.24) is 20.4 Å². The van der Waals surface area contributed by atoms with Gasteiger partial charge in [-0.1, -0.05) is 12.1 Å². The normalized spacial score (nSPS) is 15.3. The molecule has 0 radical (unpaired) electrons. The van der Waals surface area contributed by atoms with E-state index in [-0.39, 0.29) is 11.9 Å². The molecule has 0 unspecified atom stereocenters. The molecular weight excluding hydrogens is 292 g/mol. The van der Waals surface area contributed by atoms with Gasteiger partial charge in [0.2, 0.25) is 0 Å². The molecular formula is C17H22N4O2. The van der Waals surface area contributed by atoms with Crippen LogP contribution in [-0.4, -0.2) is 41.9 Å². The van der Waals surface area contributed by atoms with Crippen molar-refractivity contribution in [1.29, 1.82) is 0 Å². The zero-order chi connectivity index (χ0) is 16.1. The van der Waals surface area contributed by atoms with Crippen LogP contribution in [0.4, 0.5) is 0 Å². The second kappa shape index (κ2) is 7.28. The van der Waals surface area contributed by atoms with Crippen LogP contribution in [0.2, 0.25) is 0 Å². The molecule has 0 spiro atoms. The first-order valence-electron chi connectivity index (χ1n) is 7.91. The van der Waals surface area contributed by atoms with Crippen molar-refractivity contribution >= 4 is 5.91 Å². The number of carbonyl (C=O) groups is 1. The Kier molecular flexibility index (Phi) is 4.92. The average molecular weight is 314 g/mol. The molecule has 1 aromatic carbocycles. The van der Waals surface area contributed by atoms with Crippen LogP contribution in [0.5, 0.6) is 5.75 Å². The molecule has 1 aliphatic heterocycles. The number of amides is 1. The van der Waals surface area contributed by atoms with Crippen LogP contribution in [-0.2, 0) is 6.54 Å². The summed E-state index contributed by atoms with van der Waals surface area (Å²) in [6, 6.07) is 8.09. The van der Waals surface area contributed by atoms with Gasteiger partial charge in [-0.05, 0) is 43.6 Å². The molecule has 0 atom stereocenters. The SMILES string of the molecule is COc1ccc(Cn2cc(C(=O)NC3CCNCC3)cn2)cc1. The van der Waals surface area contributed by atoms with E-state index in [4.69, 9.17) is 4.74 Å². The van der Waals surface area contributed by atoms with E-state index in [2.05, 4.69) is 15.7 Å². The third-order valence-corrected chi connectivity index (χ3v) is 4.07. The lowest BCUT2D eigenvalue weighted by Gasteiger charge is -2.23. The number of ether oxygens (including phenoxy) is 1. The van der Waals surface area contributed by atoms with Gasteiger partial charge in [0.1, 0.15) is 5.75 Å². The Hall–Kier alpha value is -2.34. The fraction of sp³-hybridized carbons (Fsp3) is 0.412. The summed E-state index contributed by atoms with van der Waals surface area (Å²) in [6.45, 7) is 2.55. The topological polar surface area (TPSA) is 68.2 Å². The highest BCUT2D eigenvalue weighted by molar-refractivity contribution is 5.93. The molecule has 2 heterocycles. The minimum absolute atomic E-state index is 0.0436. The van der Waals surface area contributed by atoms with Crippen LogP contribution < -0.4 is 15.4 Å². The van der Waals surface area contributed by atoms with E-state index in [0.29, 0.717) is 12.1 Å². The number of piperidine rings is 1. The van der Waals surface area contributed by atoms with E-state index in [0.717, 1.165) is 37.2 Å². The maximum Gasteiger partial charge on any atom is 0.254 e. The van der Waals surface area contributed by atoms with Crippen molar-refractivity contribution in [3.63, 3.8) is 0 Å². The Morgan fingerprint density at radius 1 is 1.35 bits per heavy atom. The molecule has 0 bridgehead atoms. The average Bonchev–Trinajstić information content (AvgIpc) is 3.05. The molecule has 6 nitrogen and oxygen atoms in total. The molecule has 2 aromatic rings. The van der Waals surface area contributed by atoms with E-state index < -0.39 is 0 Å². The predicted octanol–water partition coefficient (Wildman–Crippen LogP) is 1.42. The number of aromatic nitrogens is 2. The summed E-state index contributed by atoms with van der Waals surface area (Å²) < 4.78 is 6.92. The monoisotopic (exact) mass is 314 g/mol. The maximum absolute atomic E-state index is 12.3. The summed E-state index contributed by atoms with van der Waals surface area (Å²) in [5.41, 5.74) is 1.72. The van der Waals surface area contributed by atoms with Crippen LogP contribution in [0.3, 0.4) is 0 Å². The summed E-state index contributed by atoms with van der Waals surface area (Å²) in [6.07, 6.45) is 5.37. The van der Waals surface area contributed by atoms with Gasteiger partial charge in [-0.3, -0.25) is 9.48 Å². The number of methoxy groups -OCH3 is 1. The molecule has 6 heteroatoms. The molecule has 0 saturated carbocycles. The van der Waals surface area contributed by atoms with Gasteiger partial charge in [0.05, 0.1) is 25.4 Å². The van der Waals surface area contributed by atoms with E-state index in [1.54, 1.807) is 24.2 Å². The molecule has 23 heavy (non-hydrogen) atoms. The lowest BCUT2D eigenvalue weighted by Crippen LogP contribution is -2.42. The Bertz CT molecular complexity index is 645. The molecule has 2 N–H and O–H groups in total. The highest BCUT2D eigenvalue weighted by atomic mass is 16.5. The van der Waals surface area contributed by atoms with E-state index in [9.17, 15) is 4.79 Å². The zero-order valence-electron chi connectivity index (χ0n) is 13.3. The predicted molar refractivity (Wildman–Crippen MR) is 87.7 cm³/mol. The molecule has 1 aromatic heterocycles. The molecule has 1 saturated heterocycles. The van der Waals surface area contributed by atoms with Gasteiger partial charge in [0.25, 0.3) is 5.91 Å². The van der Waals surface area contributed by atoms with Gasteiger partial charge >= 0.3 is 0 Å². The van der Waals surface area contributed by atoms with Gasteiger partial charge < -0.3 is 15.4 Å². The number of carbonyl (C=O) groups excluding carboxylic acids is 1. The summed E-state index contributed by atoms with van der Waals surface area (Å²) in [7, 11) is 1.65. The molecule has 122 valence electrons. The standard InChI is InChI=1S/C17H22N4O2/c1-23-16-4-2-13(3-5-16)11-21-12-14(10-19-21)17(22)20-15-6-8-18-9-7-15/h2-5,10,12,15,18H,6-9,11H2,1H3,(H,20,22). The van der Waals surface area contributed by atoms with Gasteiger partial charge in [-0.15, -0.1) is 0 Å². The van der Waals surface area contributed by atoms with Crippen LogP contribution in [0.15, 0.2) is 36.7 Å². The summed E-state index contributed by atoms with van der Waals surface area (Å²) >= 11 is 0. The second-order valence-electron chi connectivity index (χ2n) is 5.77. The molecule has 0 aliphatic carbocycles. The van der Waals surface area contributed by atoms with Crippen molar-refractivity contribution in [3.05, 3.63) is 47.8 Å². The fourth-order valence-corrected chi connectivity index (χ4v) is 2.72. The van der Waals surface area contributed by atoms with Crippen LogP contribution in [0, 0.1) is 0 Å². The minimum atomic E-state index is -0.0436. The van der Waals surface area contributed by atoms with Gasteiger partial charge in [-0.25, -0.2) is 0 Å². The third-order valence-electron chi connectivity index (χ3n) is 4.07. The number of rotatable bonds is 5. The first-order chi connectivity index (χ1) is 11.2. The highest BCUT2D eigenvalue weighted by Gasteiger charge is 2.17. The number of hydrogen-bond acceptors (Lipinski definition) is 4. The van der Waals surface area contributed by atoms with Crippen LogP contribution >= 0.6 is 0 Å². The van der Waals surface area contributed by atoms with Gasteiger partial charge in [0, 0.05) is 12.2 Å². The van der Waals surface area contributed by atoms with Crippen molar-refractivity contribution in [2.45, 2.75) is 25.4 Å². The Balaban J connectivity index is 1.59. The smallest absolute Gasteiger partial charge is 0.254 e. The van der Waals surface area contributed by atoms with Crippen molar-refractivity contribution < 1.29 is 9.53 Å². The fourth-order valence-electron chi connectivity index (χ4n) is 2.72. The van der Waals surface area contributed by atoms with E-state index in [1.807, 2.05) is 24.3 Å². The third kappa shape index (κ3) is 4.10. The van der Waals surface area contributed by atoms with Gasteiger partial charge in [-0.2, -0.15) is 5.10 Å². The van der Waals surface area contributed by atoms with Crippen LogP contribution in [0.25, 0.3) is 0 Å². The van der Waals surface area contributed by atoms with Crippen molar-refractivity contribution in [3.8, 4) is 5.75 Å². The number of nitrogens with one attached hydrogen (secondary N) is 2. The second-order valence-corrected chi connectivity index (χ2v) is 5.77. The summed E-state index contributed by atoms with van der Waals surface area (Å²) in [4.78, 5) is 12.3. The highest BCUT2D eigenvalue weighted by Crippen LogP contribution is 2.12. The Labute approximate surface area is 135 Å². The van der Waals surface area contributed by atoms with E-state index in [1.165, 1.54) is 0 Å².